The minimum atomic E-state index is -2.07. The third-order valence-corrected chi connectivity index (χ3v) is 4.87. The van der Waals surface area contributed by atoms with Gasteiger partial charge in [0, 0.05) is 32.0 Å². The van der Waals surface area contributed by atoms with Crippen LogP contribution in [0.4, 0.5) is 9.18 Å². The van der Waals surface area contributed by atoms with Gasteiger partial charge in [-0.3, -0.25) is 9.78 Å². The molecule has 1 aromatic heterocycles. The van der Waals surface area contributed by atoms with Crippen molar-refractivity contribution in [1.82, 2.24) is 20.5 Å². The molecule has 0 saturated carbocycles. The Hall–Kier alpha value is -2.96. The minimum absolute atomic E-state index is 0.114. The van der Waals surface area contributed by atoms with Gasteiger partial charge in [-0.2, -0.15) is 0 Å². The first-order chi connectivity index (χ1) is 13.6. The van der Waals surface area contributed by atoms with Gasteiger partial charge in [-0.1, -0.05) is 30.3 Å². The number of carbonyl (C=O) groups is 2. The number of halogens is 1. The van der Waals surface area contributed by atoms with Crippen LogP contribution in [0.5, 0.6) is 0 Å². The summed E-state index contributed by atoms with van der Waals surface area (Å²) in [5, 5.41) is 5.45. The second-order valence-corrected chi connectivity index (χ2v) is 7.00. The first-order valence-electron chi connectivity index (χ1n) is 9.50. The third-order valence-electron chi connectivity index (χ3n) is 4.87. The molecule has 1 unspecified atom stereocenters. The molecule has 3 rings (SSSR count). The van der Waals surface area contributed by atoms with E-state index < -0.39 is 11.6 Å². The van der Waals surface area contributed by atoms with Gasteiger partial charge >= 0.3 is 6.03 Å². The average Bonchev–Trinajstić information content (AvgIpc) is 2.73. The smallest absolute Gasteiger partial charge is 0.317 e. The van der Waals surface area contributed by atoms with Crippen molar-refractivity contribution in [2.75, 3.05) is 19.6 Å². The molecule has 0 aliphatic carbocycles. The summed E-state index contributed by atoms with van der Waals surface area (Å²) < 4.78 is 15.2. The van der Waals surface area contributed by atoms with Crippen LogP contribution < -0.4 is 10.6 Å². The van der Waals surface area contributed by atoms with Crippen LogP contribution >= 0.6 is 0 Å². The van der Waals surface area contributed by atoms with Gasteiger partial charge < -0.3 is 15.5 Å². The van der Waals surface area contributed by atoms with E-state index in [2.05, 4.69) is 15.6 Å². The molecular weight excluding hydrogens is 359 g/mol. The number of benzene rings is 1. The number of hydrogen-bond acceptors (Lipinski definition) is 3. The first-order valence-corrected chi connectivity index (χ1v) is 9.50. The number of likely N-dealkylation sites (tertiary alicyclic amines) is 1. The van der Waals surface area contributed by atoms with Crippen molar-refractivity contribution in [3.05, 3.63) is 66.0 Å². The first kappa shape index (κ1) is 19.8. The lowest BCUT2D eigenvalue weighted by Crippen LogP contribution is -2.57. The lowest BCUT2D eigenvalue weighted by atomic mass is 9.93. The topological polar surface area (TPSA) is 74.3 Å². The van der Waals surface area contributed by atoms with Gasteiger partial charge in [-0.25, -0.2) is 9.18 Å². The van der Waals surface area contributed by atoms with Crippen molar-refractivity contribution in [3.8, 4) is 0 Å². The predicted molar refractivity (Wildman–Crippen MR) is 104 cm³/mol. The zero-order chi connectivity index (χ0) is 19.8. The highest BCUT2D eigenvalue weighted by molar-refractivity contribution is 5.86. The molecule has 28 heavy (non-hydrogen) atoms. The SMILES string of the molecule is O=C(NCCc1ccccc1)N1CCCC(F)(C(=O)NCc2ccncc2)C1. The number of hydrogen-bond donors (Lipinski definition) is 2. The Morgan fingerprint density at radius 3 is 2.57 bits per heavy atom. The van der Waals surface area contributed by atoms with Crippen LogP contribution in [0.15, 0.2) is 54.9 Å². The third kappa shape index (κ3) is 5.28. The number of alkyl halides is 1. The summed E-state index contributed by atoms with van der Waals surface area (Å²) in [6.45, 7) is 0.913. The number of nitrogens with one attached hydrogen (secondary N) is 2. The van der Waals surface area contributed by atoms with Gasteiger partial charge in [0.25, 0.3) is 5.91 Å². The van der Waals surface area contributed by atoms with Crippen LogP contribution in [-0.2, 0) is 17.8 Å². The number of nitrogens with zero attached hydrogens (tertiary/aromatic N) is 2. The van der Waals surface area contributed by atoms with Gasteiger partial charge in [-0.15, -0.1) is 0 Å². The summed E-state index contributed by atoms with van der Waals surface area (Å²) in [4.78, 5) is 30.1. The number of pyridine rings is 1. The standard InChI is InChI=1S/C21H25FN4O2/c22-21(19(27)25-15-18-7-11-23-12-8-18)10-4-14-26(16-21)20(28)24-13-9-17-5-2-1-3-6-17/h1-3,5-8,11-12H,4,9-10,13-16H2,(H,24,28)(H,25,27). The van der Waals surface area contributed by atoms with Crippen LogP contribution in [0.25, 0.3) is 0 Å². The number of amides is 3. The van der Waals surface area contributed by atoms with E-state index in [-0.39, 0.29) is 25.5 Å². The number of piperidine rings is 1. The zero-order valence-corrected chi connectivity index (χ0v) is 15.7. The minimum Gasteiger partial charge on any atom is -0.349 e. The molecular formula is C21H25FN4O2. The van der Waals surface area contributed by atoms with E-state index in [4.69, 9.17) is 0 Å². The molecule has 7 heteroatoms. The van der Waals surface area contributed by atoms with E-state index in [0.29, 0.717) is 25.9 Å². The van der Waals surface area contributed by atoms with Gasteiger partial charge in [0.15, 0.2) is 0 Å². The van der Waals surface area contributed by atoms with Crippen LogP contribution in [0, 0.1) is 0 Å². The van der Waals surface area contributed by atoms with E-state index in [0.717, 1.165) is 11.1 Å². The summed E-state index contributed by atoms with van der Waals surface area (Å²) >= 11 is 0. The molecule has 0 spiro atoms. The molecule has 0 bridgehead atoms. The van der Waals surface area contributed by atoms with Gasteiger partial charge in [0.2, 0.25) is 5.67 Å². The lowest BCUT2D eigenvalue weighted by Gasteiger charge is -2.36. The fraction of sp³-hybridized carbons (Fsp3) is 0.381. The molecule has 1 aliphatic heterocycles. The Balaban J connectivity index is 1.48. The molecule has 1 fully saturated rings. The lowest BCUT2D eigenvalue weighted by molar-refractivity contribution is -0.136. The number of urea groups is 1. The largest absolute Gasteiger partial charge is 0.349 e. The van der Waals surface area contributed by atoms with E-state index in [1.54, 1.807) is 24.5 Å². The van der Waals surface area contributed by atoms with Gasteiger partial charge in [0.05, 0.1) is 6.54 Å². The van der Waals surface area contributed by atoms with Crippen LogP contribution in [0.2, 0.25) is 0 Å². The second-order valence-electron chi connectivity index (χ2n) is 7.00. The summed E-state index contributed by atoms with van der Waals surface area (Å²) in [6.07, 6.45) is 4.51. The zero-order valence-electron chi connectivity index (χ0n) is 15.7. The summed E-state index contributed by atoms with van der Waals surface area (Å²) in [6, 6.07) is 13.0. The Morgan fingerprint density at radius 1 is 1.07 bits per heavy atom. The Kier molecular flexibility index (Phi) is 6.57. The van der Waals surface area contributed by atoms with Crippen LogP contribution in [0.1, 0.15) is 24.0 Å². The Bertz CT molecular complexity index is 788. The Morgan fingerprint density at radius 2 is 1.82 bits per heavy atom. The van der Waals surface area contributed by atoms with Crippen molar-refractivity contribution in [1.29, 1.82) is 0 Å². The quantitative estimate of drug-likeness (QED) is 0.803. The molecule has 1 atom stereocenters. The molecule has 1 aliphatic rings. The fourth-order valence-electron chi connectivity index (χ4n) is 3.28. The van der Waals surface area contributed by atoms with Crippen molar-refractivity contribution in [3.63, 3.8) is 0 Å². The number of carbonyl (C=O) groups excluding carboxylic acids is 2. The highest BCUT2D eigenvalue weighted by Gasteiger charge is 2.43. The number of aromatic nitrogens is 1. The monoisotopic (exact) mass is 384 g/mol. The Labute approximate surface area is 164 Å². The fourth-order valence-corrected chi connectivity index (χ4v) is 3.28. The van der Waals surface area contributed by atoms with Crippen molar-refractivity contribution >= 4 is 11.9 Å². The van der Waals surface area contributed by atoms with Crippen LogP contribution in [-0.4, -0.2) is 47.1 Å². The molecule has 2 heterocycles. The maximum atomic E-state index is 15.2. The van der Waals surface area contributed by atoms with Gasteiger partial charge in [-0.05, 0) is 42.5 Å². The van der Waals surface area contributed by atoms with Crippen molar-refractivity contribution in [2.45, 2.75) is 31.5 Å². The normalized spacial score (nSPS) is 19.1. The molecule has 0 radical (unpaired) electrons. The maximum Gasteiger partial charge on any atom is 0.317 e. The molecule has 1 aromatic carbocycles. The van der Waals surface area contributed by atoms with Crippen molar-refractivity contribution in [2.24, 2.45) is 0 Å². The van der Waals surface area contributed by atoms with E-state index >= 15 is 4.39 Å². The van der Waals surface area contributed by atoms with Gasteiger partial charge in [0.1, 0.15) is 0 Å². The van der Waals surface area contributed by atoms with E-state index in [1.165, 1.54) is 4.90 Å². The highest BCUT2D eigenvalue weighted by Crippen LogP contribution is 2.26. The summed E-state index contributed by atoms with van der Waals surface area (Å²) in [7, 11) is 0. The van der Waals surface area contributed by atoms with E-state index in [1.807, 2.05) is 30.3 Å². The summed E-state index contributed by atoms with van der Waals surface area (Å²) in [5.41, 5.74) is -0.0998. The average molecular weight is 384 g/mol. The molecule has 148 valence electrons. The predicted octanol–water partition coefficient (Wildman–Crippen LogP) is 2.45. The van der Waals surface area contributed by atoms with Crippen molar-refractivity contribution < 1.29 is 14.0 Å². The number of rotatable bonds is 6. The molecule has 6 nitrogen and oxygen atoms in total. The highest BCUT2D eigenvalue weighted by atomic mass is 19.1. The van der Waals surface area contributed by atoms with Crippen LogP contribution in [0.3, 0.4) is 0 Å². The molecule has 2 N–H and O–H groups in total. The van der Waals surface area contributed by atoms with E-state index in [9.17, 15) is 9.59 Å². The molecule has 2 aromatic rings. The maximum absolute atomic E-state index is 15.2. The molecule has 3 amide bonds. The molecule has 1 saturated heterocycles. The summed E-state index contributed by atoms with van der Waals surface area (Å²) in [5.74, 6) is -0.675. The second kappa shape index (κ2) is 9.30.